The van der Waals surface area contributed by atoms with E-state index < -0.39 is 0 Å². The molecule has 5 heterocycles. The number of hydrogen-bond acceptors (Lipinski definition) is 0. The molecule has 318 valence electrons. The quantitative estimate of drug-likeness (QED) is 0.164. The molecule has 0 saturated carbocycles. The molecule has 15 rings (SSSR count). The first-order valence-corrected chi connectivity index (χ1v) is 23.8. The van der Waals surface area contributed by atoms with E-state index in [4.69, 9.17) is 0 Å². The predicted molar refractivity (Wildman–Crippen MR) is 288 cm³/mol. The zero-order valence-electron chi connectivity index (χ0n) is 38.6. The van der Waals surface area contributed by atoms with Gasteiger partial charge in [-0.1, -0.05) is 133 Å². The lowest BCUT2D eigenvalue weighted by Crippen LogP contribution is -2.11. The Labute approximate surface area is 387 Å². The Morgan fingerprint density at radius 1 is 0.313 bits per heavy atom. The van der Waals surface area contributed by atoms with Crippen LogP contribution in [0, 0.1) is 0 Å². The van der Waals surface area contributed by atoms with E-state index in [-0.39, 0.29) is 10.8 Å². The standard InChI is InChI=1S/C64H47N3/c1-63(2,3)40-30-45(39-24-25-55-46(27-39)44-22-14-15-23-54(44)65(55)42-19-8-7-9-20-42)60-52(33-40)49-28-38-18-12-13-21-43(38)59-53-35-57-48(34-58(53)67(60)62(49)59)51-32-41(64(4,5)6)31-50-47-26-36-16-10-11-17-37(36)29-56(47)66(57)61(50)51/h7-35H,1-6H3. The largest absolute Gasteiger partial charge is 0.309 e. The molecule has 0 aliphatic carbocycles. The maximum absolute atomic E-state index is 2.66. The van der Waals surface area contributed by atoms with Gasteiger partial charge in [-0.25, -0.2) is 0 Å². The van der Waals surface area contributed by atoms with Gasteiger partial charge in [-0.05, 0) is 134 Å². The summed E-state index contributed by atoms with van der Waals surface area (Å²) in [6.45, 7) is 14.1. The van der Waals surface area contributed by atoms with Crippen molar-refractivity contribution in [3.8, 4) is 16.8 Å². The molecular weight excluding hydrogens is 811 g/mol. The topological polar surface area (TPSA) is 13.8 Å². The first-order valence-electron chi connectivity index (χ1n) is 23.8. The van der Waals surface area contributed by atoms with Crippen LogP contribution in [-0.2, 0) is 10.8 Å². The van der Waals surface area contributed by atoms with Gasteiger partial charge in [-0.2, -0.15) is 0 Å². The van der Waals surface area contributed by atoms with Gasteiger partial charge in [0.2, 0.25) is 0 Å². The molecule has 67 heavy (non-hydrogen) atoms. The number of fused-ring (bicyclic) bond motifs is 18. The molecule has 0 N–H and O–H groups in total. The van der Waals surface area contributed by atoms with Gasteiger partial charge in [0.15, 0.2) is 0 Å². The van der Waals surface area contributed by atoms with E-state index in [0.717, 1.165) is 0 Å². The summed E-state index contributed by atoms with van der Waals surface area (Å²) >= 11 is 0. The summed E-state index contributed by atoms with van der Waals surface area (Å²) in [6, 6.07) is 67.2. The number of para-hydroxylation sites is 2. The van der Waals surface area contributed by atoms with Gasteiger partial charge in [-0.3, -0.25) is 0 Å². The molecule has 0 radical (unpaired) electrons. The van der Waals surface area contributed by atoms with Crippen molar-refractivity contribution in [3.63, 3.8) is 0 Å². The third-order valence-electron chi connectivity index (χ3n) is 15.5. The summed E-state index contributed by atoms with van der Waals surface area (Å²) in [5.41, 5.74) is 16.4. The van der Waals surface area contributed by atoms with Gasteiger partial charge >= 0.3 is 0 Å². The van der Waals surface area contributed by atoms with Crippen LogP contribution in [-0.4, -0.2) is 13.4 Å². The van der Waals surface area contributed by atoms with Crippen molar-refractivity contribution in [1.82, 2.24) is 13.4 Å². The summed E-state index contributed by atoms with van der Waals surface area (Å²) in [6.07, 6.45) is 0. The Bertz CT molecular complexity index is 4620. The number of nitrogens with zero attached hydrogens (tertiary/aromatic N) is 3. The number of aromatic nitrogens is 3. The second-order valence-electron chi connectivity index (χ2n) is 21.4. The molecule has 15 aromatic rings. The lowest BCUT2D eigenvalue weighted by atomic mass is 9.84. The van der Waals surface area contributed by atoms with Gasteiger partial charge in [0.05, 0.1) is 44.1 Å². The van der Waals surface area contributed by atoms with Crippen molar-refractivity contribution < 1.29 is 0 Å². The van der Waals surface area contributed by atoms with Crippen LogP contribution < -0.4 is 0 Å². The molecule has 0 unspecified atom stereocenters. The molecule has 0 spiro atoms. The van der Waals surface area contributed by atoms with Gasteiger partial charge in [0.25, 0.3) is 0 Å². The van der Waals surface area contributed by atoms with Crippen LogP contribution in [0.1, 0.15) is 52.7 Å². The molecule has 10 aromatic carbocycles. The number of hydrogen-bond donors (Lipinski definition) is 0. The average Bonchev–Trinajstić information content (AvgIpc) is 4.11. The third kappa shape index (κ3) is 4.86. The highest BCUT2D eigenvalue weighted by atomic mass is 15.0. The first-order chi connectivity index (χ1) is 32.5. The molecule has 0 fully saturated rings. The lowest BCUT2D eigenvalue weighted by Gasteiger charge is -2.21. The second-order valence-corrected chi connectivity index (χ2v) is 21.4. The summed E-state index contributed by atoms with van der Waals surface area (Å²) in [7, 11) is 0. The molecule has 0 amide bonds. The zero-order chi connectivity index (χ0) is 44.8. The van der Waals surface area contributed by atoms with Crippen molar-refractivity contribution in [2.45, 2.75) is 52.4 Å². The van der Waals surface area contributed by atoms with E-state index in [9.17, 15) is 0 Å². The molecule has 0 saturated heterocycles. The van der Waals surface area contributed by atoms with Crippen LogP contribution in [0.5, 0.6) is 0 Å². The molecule has 5 aromatic heterocycles. The van der Waals surface area contributed by atoms with Crippen molar-refractivity contribution in [3.05, 3.63) is 187 Å². The van der Waals surface area contributed by atoms with E-state index in [1.165, 1.54) is 147 Å². The van der Waals surface area contributed by atoms with Crippen molar-refractivity contribution >= 4 is 120 Å². The fourth-order valence-corrected chi connectivity index (χ4v) is 12.2. The normalized spacial score (nSPS) is 13.2. The van der Waals surface area contributed by atoms with Crippen LogP contribution in [0.15, 0.2) is 176 Å². The fraction of sp³-hybridized carbons (Fsp3) is 0.125. The molecule has 3 heteroatoms. The minimum absolute atomic E-state index is 0.0262. The molecule has 0 bridgehead atoms. The van der Waals surface area contributed by atoms with Gasteiger partial charge in [0, 0.05) is 65.1 Å². The summed E-state index contributed by atoms with van der Waals surface area (Å²) < 4.78 is 7.67. The molecule has 3 nitrogen and oxygen atoms in total. The minimum atomic E-state index is -0.0711. The maximum Gasteiger partial charge on any atom is 0.0627 e. The SMILES string of the molecule is CC(C)(C)c1cc(-c2ccc3c(c2)c2ccccc2n3-c2ccccc2)c2c(c1)c1cc3ccccc3c3c4cc5c(cc4n2c13)c1cc(C(C)(C)C)cc2c3cc4ccccc4cc3n5c21. The molecule has 0 atom stereocenters. The van der Waals surface area contributed by atoms with Crippen molar-refractivity contribution in [2.75, 3.05) is 0 Å². The molecular formula is C64H47N3. The zero-order valence-corrected chi connectivity index (χ0v) is 38.6. The Morgan fingerprint density at radius 2 is 0.836 bits per heavy atom. The van der Waals surface area contributed by atoms with Crippen molar-refractivity contribution in [1.29, 1.82) is 0 Å². The van der Waals surface area contributed by atoms with Crippen molar-refractivity contribution in [2.24, 2.45) is 0 Å². The highest BCUT2D eigenvalue weighted by Crippen LogP contribution is 2.50. The summed E-state index contributed by atoms with van der Waals surface area (Å²) in [5.74, 6) is 0. The minimum Gasteiger partial charge on any atom is -0.309 e. The average molecular weight is 858 g/mol. The van der Waals surface area contributed by atoms with Crippen LogP contribution in [0.4, 0.5) is 0 Å². The third-order valence-corrected chi connectivity index (χ3v) is 15.5. The van der Waals surface area contributed by atoms with E-state index in [1.54, 1.807) is 0 Å². The van der Waals surface area contributed by atoms with E-state index in [0.29, 0.717) is 0 Å². The van der Waals surface area contributed by atoms with Crippen LogP contribution in [0.2, 0.25) is 0 Å². The van der Waals surface area contributed by atoms with Gasteiger partial charge in [0.1, 0.15) is 0 Å². The Hall–Kier alpha value is -7.88. The Morgan fingerprint density at radius 3 is 1.58 bits per heavy atom. The fourth-order valence-electron chi connectivity index (χ4n) is 12.2. The van der Waals surface area contributed by atoms with Crippen LogP contribution in [0.3, 0.4) is 0 Å². The maximum atomic E-state index is 2.66. The lowest BCUT2D eigenvalue weighted by molar-refractivity contribution is 0.591. The smallest absolute Gasteiger partial charge is 0.0627 e. The number of rotatable bonds is 2. The second kappa shape index (κ2) is 12.5. The predicted octanol–water partition coefficient (Wildman–Crippen LogP) is 17.7. The van der Waals surface area contributed by atoms with E-state index in [1.807, 2.05) is 0 Å². The monoisotopic (exact) mass is 857 g/mol. The highest BCUT2D eigenvalue weighted by Gasteiger charge is 2.28. The van der Waals surface area contributed by atoms with Crippen LogP contribution >= 0.6 is 0 Å². The number of benzene rings is 10. The Balaban J connectivity index is 1.13. The Kier molecular flexibility index (Phi) is 6.97. The summed E-state index contributed by atoms with van der Waals surface area (Å²) in [5, 5.41) is 18.2. The summed E-state index contributed by atoms with van der Waals surface area (Å²) in [4.78, 5) is 0. The van der Waals surface area contributed by atoms with E-state index in [2.05, 4.69) is 231 Å². The first kappa shape index (κ1) is 37.4. The molecule has 0 aliphatic heterocycles. The molecule has 0 aliphatic rings. The van der Waals surface area contributed by atoms with Crippen LogP contribution in [0.25, 0.3) is 136 Å². The highest BCUT2D eigenvalue weighted by molar-refractivity contribution is 6.35. The van der Waals surface area contributed by atoms with Gasteiger partial charge in [-0.15, -0.1) is 0 Å². The van der Waals surface area contributed by atoms with E-state index >= 15 is 0 Å². The van der Waals surface area contributed by atoms with Gasteiger partial charge < -0.3 is 13.4 Å².